The molecule has 26 heavy (non-hydrogen) atoms. The van der Waals surface area contributed by atoms with Crippen molar-refractivity contribution in [3.63, 3.8) is 0 Å². The summed E-state index contributed by atoms with van der Waals surface area (Å²) in [6.45, 7) is 2.12. The Morgan fingerprint density at radius 1 is 1.38 bits per heavy atom. The summed E-state index contributed by atoms with van der Waals surface area (Å²) < 4.78 is 5.14. The number of urea groups is 1. The maximum absolute atomic E-state index is 12.1. The zero-order valence-electron chi connectivity index (χ0n) is 13.9. The summed E-state index contributed by atoms with van der Waals surface area (Å²) in [6, 6.07) is 6.78. The second-order valence-corrected chi connectivity index (χ2v) is 6.98. The molecule has 2 aromatic rings. The Kier molecular flexibility index (Phi) is 5.53. The van der Waals surface area contributed by atoms with E-state index in [2.05, 4.69) is 10.3 Å². The molecule has 1 unspecified atom stereocenters. The van der Waals surface area contributed by atoms with Gasteiger partial charge in [0.2, 0.25) is 0 Å². The number of halogens is 1. The number of carbonyl (C=O) groups is 3. The van der Waals surface area contributed by atoms with Crippen molar-refractivity contribution in [3.8, 4) is 10.6 Å². The van der Waals surface area contributed by atoms with Crippen LogP contribution >= 0.6 is 22.9 Å². The van der Waals surface area contributed by atoms with Gasteiger partial charge in [-0.3, -0.25) is 14.5 Å². The van der Waals surface area contributed by atoms with E-state index in [1.807, 2.05) is 12.1 Å². The quantitative estimate of drug-likeness (QED) is 0.788. The van der Waals surface area contributed by atoms with Crippen LogP contribution in [0.5, 0.6) is 0 Å². The largest absolute Gasteiger partial charge is 0.452 e. The molecule has 1 aliphatic heterocycles. The summed E-state index contributed by atoms with van der Waals surface area (Å²) in [7, 11) is 0. The van der Waals surface area contributed by atoms with Gasteiger partial charge in [0.05, 0.1) is 12.1 Å². The molecule has 0 spiro atoms. The maximum Gasteiger partial charge on any atom is 0.324 e. The van der Waals surface area contributed by atoms with Crippen LogP contribution in [0, 0.1) is 0 Å². The maximum atomic E-state index is 12.1. The molecule has 7 nitrogen and oxygen atoms in total. The molecular formula is C17H16ClN3O4S. The SMILES string of the molecule is CC(OC(=O)Cc1csc(-c2ccc(Cl)cc2)n1)C(=O)N1CCNC1=O. The fourth-order valence-corrected chi connectivity index (χ4v) is 3.40. The lowest BCUT2D eigenvalue weighted by Gasteiger charge is -2.17. The number of nitrogens with zero attached hydrogens (tertiary/aromatic N) is 2. The van der Waals surface area contributed by atoms with Crippen LogP contribution in [-0.4, -0.2) is 47.0 Å². The third kappa shape index (κ3) is 4.20. The molecule has 9 heteroatoms. The molecule has 2 heterocycles. The van der Waals surface area contributed by atoms with Gasteiger partial charge in [0.1, 0.15) is 5.01 Å². The minimum Gasteiger partial charge on any atom is -0.452 e. The highest BCUT2D eigenvalue weighted by atomic mass is 35.5. The van der Waals surface area contributed by atoms with Gasteiger partial charge in [-0.2, -0.15) is 0 Å². The summed E-state index contributed by atoms with van der Waals surface area (Å²) >= 11 is 7.28. The highest BCUT2D eigenvalue weighted by Crippen LogP contribution is 2.25. The van der Waals surface area contributed by atoms with Crippen LogP contribution in [0.2, 0.25) is 5.02 Å². The number of nitrogens with one attached hydrogen (secondary N) is 1. The van der Waals surface area contributed by atoms with E-state index in [1.165, 1.54) is 18.3 Å². The Balaban J connectivity index is 1.57. The first-order chi connectivity index (χ1) is 12.4. The van der Waals surface area contributed by atoms with Gasteiger partial charge < -0.3 is 10.1 Å². The lowest BCUT2D eigenvalue weighted by Crippen LogP contribution is -2.42. The first-order valence-corrected chi connectivity index (χ1v) is 9.19. The van der Waals surface area contributed by atoms with Gasteiger partial charge >= 0.3 is 12.0 Å². The highest BCUT2D eigenvalue weighted by Gasteiger charge is 2.31. The van der Waals surface area contributed by atoms with Crippen LogP contribution in [0.15, 0.2) is 29.6 Å². The molecule has 1 aromatic heterocycles. The Bertz CT molecular complexity index is 837. The van der Waals surface area contributed by atoms with Crippen molar-refractivity contribution in [2.24, 2.45) is 0 Å². The Morgan fingerprint density at radius 2 is 2.12 bits per heavy atom. The fraction of sp³-hybridized carbons (Fsp3) is 0.294. The Hall–Kier alpha value is -2.45. The summed E-state index contributed by atoms with van der Waals surface area (Å²) in [5.41, 5.74) is 1.46. The molecule has 1 fully saturated rings. The lowest BCUT2D eigenvalue weighted by molar-refractivity contribution is -0.156. The molecule has 1 atom stereocenters. The standard InChI is InChI=1S/C17H16ClN3O4S/c1-10(16(23)21-7-6-19-17(21)24)25-14(22)8-13-9-26-15(20-13)11-2-4-12(18)5-3-11/h2-5,9-10H,6-8H2,1H3,(H,19,24). The van der Waals surface area contributed by atoms with Crippen molar-refractivity contribution in [1.82, 2.24) is 15.2 Å². The molecule has 3 amide bonds. The Morgan fingerprint density at radius 3 is 2.77 bits per heavy atom. The van der Waals surface area contributed by atoms with Crippen LogP contribution < -0.4 is 5.32 Å². The van der Waals surface area contributed by atoms with Crippen molar-refractivity contribution in [3.05, 3.63) is 40.4 Å². The van der Waals surface area contributed by atoms with Gasteiger partial charge in [0, 0.05) is 29.1 Å². The van der Waals surface area contributed by atoms with Crippen LogP contribution in [0.4, 0.5) is 4.79 Å². The van der Waals surface area contributed by atoms with Crippen molar-refractivity contribution in [1.29, 1.82) is 0 Å². The third-order valence-corrected chi connectivity index (χ3v) is 4.94. The Labute approximate surface area is 158 Å². The number of rotatable bonds is 5. The van der Waals surface area contributed by atoms with Gasteiger partial charge in [-0.15, -0.1) is 11.3 Å². The molecule has 136 valence electrons. The smallest absolute Gasteiger partial charge is 0.324 e. The van der Waals surface area contributed by atoms with Crippen LogP contribution in [-0.2, 0) is 20.7 Å². The van der Waals surface area contributed by atoms with Gasteiger partial charge in [-0.1, -0.05) is 23.7 Å². The molecule has 1 N–H and O–H groups in total. The van der Waals surface area contributed by atoms with E-state index >= 15 is 0 Å². The molecular weight excluding hydrogens is 378 g/mol. The van der Waals surface area contributed by atoms with Crippen LogP contribution in [0.3, 0.4) is 0 Å². The predicted molar refractivity (Wildman–Crippen MR) is 96.9 cm³/mol. The van der Waals surface area contributed by atoms with Crippen LogP contribution in [0.25, 0.3) is 10.6 Å². The van der Waals surface area contributed by atoms with Crippen LogP contribution in [0.1, 0.15) is 12.6 Å². The second kappa shape index (κ2) is 7.84. The minimum atomic E-state index is -1.03. The zero-order valence-corrected chi connectivity index (χ0v) is 15.5. The highest BCUT2D eigenvalue weighted by molar-refractivity contribution is 7.13. The van der Waals surface area contributed by atoms with E-state index in [9.17, 15) is 14.4 Å². The van der Waals surface area contributed by atoms with Crippen molar-refractivity contribution < 1.29 is 19.1 Å². The monoisotopic (exact) mass is 393 g/mol. The number of ether oxygens (including phenoxy) is 1. The molecule has 0 bridgehead atoms. The van der Waals surface area contributed by atoms with E-state index in [0.717, 1.165) is 15.5 Å². The summed E-state index contributed by atoms with van der Waals surface area (Å²) in [6.07, 6.45) is -1.07. The molecule has 1 aliphatic rings. The molecule has 0 saturated carbocycles. The lowest BCUT2D eigenvalue weighted by atomic mass is 10.2. The number of hydrogen-bond acceptors (Lipinski definition) is 6. The van der Waals surface area contributed by atoms with Gasteiger partial charge in [0.15, 0.2) is 6.10 Å². The van der Waals surface area contributed by atoms with Gasteiger partial charge in [-0.25, -0.2) is 9.78 Å². The summed E-state index contributed by atoms with van der Waals surface area (Å²) in [4.78, 5) is 41.1. The molecule has 0 aliphatic carbocycles. The predicted octanol–water partition coefficient (Wildman–Crippen LogP) is 2.49. The van der Waals surface area contributed by atoms with Gasteiger partial charge in [-0.05, 0) is 19.1 Å². The average molecular weight is 394 g/mol. The number of amides is 3. The van der Waals surface area contributed by atoms with E-state index in [0.29, 0.717) is 17.3 Å². The van der Waals surface area contributed by atoms with Crippen molar-refractivity contribution in [2.75, 3.05) is 13.1 Å². The van der Waals surface area contributed by atoms with Crippen molar-refractivity contribution in [2.45, 2.75) is 19.4 Å². The number of hydrogen-bond donors (Lipinski definition) is 1. The molecule has 1 saturated heterocycles. The number of thiazole rings is 1. The third-order valence-electron chi connectivity index (χ3n) is 3.75. The van der Waals surface area contributed by atoms with E-state index in [1.54, 1.807) is 17.5 Å². The molecule has 3 rings (SSSR count). The first-order valence-electron chi connectivity index (χ1n) is 7.93. The number of carbonyl (C=O) groups excluding carboxylic acids is 3. The second-order valence-electron chi connectivity index (χ2n) is 5.68. The van der Waals surface area contributed by atoms with Crippen molar-refractivity contribution >= 4 is 40.8 Å². The van der Waals surface area contributed by atoms with E-state index in [-0.39, 0.29) is 13.0 Å². The van der Waals surface area contributed by atoms with E-state index in [4.69, 9.17) is 16.3 Å². The number of benzene rings is 1. The first kappa shape index (κ1) is 18.3. The summed E-state index contributed by atoms with van der Waals surface area (Å²) in [5, 5.41) is 5.70. The topological polar surface area (TPSA) is 88.6 Å². The normalized spacial score (nSPS) is 14.8. The summed E-state index contributed by atoms with van der Waals surface area (Å²) in [5.74, 6) is -1.10. The number of aromatic nitrogens is 1. The zero-order chi connectivity index (χ0) is 18.7. The molecule has 1 aromatic carbocycles. The minimum absolute atomic E-state index is 0.0477. The molecule has 0 radical (unpaired) electrons. The number of esters is 1. The fourth-order valence-electron chi connectivity index (χ4n) is 2.45. The average Bonchev–Trinajstić information content (AvgIpc) is 3.23. The van der Waals surface area contributed by atoms with Gasteiger partial charge in [0.25, 0.3) is 5.91 Å². The number of imide groups is 1. The van der Waals surface area contributed by atoms with E-state index < -0.39 is 24.0 Å².